The number of nitrogens with zero attached hydrogens (tertiary/aromatic N) is 6. The van der Waals surface area contributed by atoms with Crippen molar-refractivity contribution in [3.8, 4) is 0 Å². The van der Waals surface area contributed by atoms with Crippen molar-refractivity contribution in [2.45, 2.75) is 38.8 Å². The second-order valence-electron chi connectivity index (χ2n) is 5.85. The van der Waals surface area contributed by atoms with E-state index in [-0.39, 0.29) is 5.91 Å². The van der Waals surface area contributed by atoms with Gasteiger partial charge in [-0.15, -0.1) is 0 Å². The number of aromatic nitrogens is 5. The number of carbonyl (C=O) groups excluding carboxylic acids is 1. The Morgan fingerprint density at radius 2 is 2.05 bits per heavy atom. The zero-order valence-corrected chi connectivity index (χ0v) is 12.7. The Balaban J connectivity index is 1.36. The lowest BCUT2D eigenvalue weighted by Crippen LogP contribution is -2.39. The van der Waals surface area contributed by atoms with Gasteiger partial charge in [0, 0.05) is 45.0 Å². The van der Waals surface area contributed by atoms with Crippen molar-refractivity contribution in [3.63, 3.8) is 0 Å². The molecule has 2 aromatic rings. The van der Waals surface area contributed by atoms with Crippen LogP contribution in [0.3, 0.4) is 0 Å². The number of piperidine rings is 1. The number of hydrogen-bond donors (Lipinski definition) is 0. The lowest BCUT2D eigenvalue weighted by Gasteiger charge is -2.32. The normalized spacial score (nSPS) is 16.1. The van der Waals surface area contributed by atoms with Crippen molar-refractivity contribution in [1.29, 1.82) is 0 Å². The molecule has 7 heteroatoms. The number of hydrogen-bond acceptors (Lipinski definition) is 4. The maximum absolute atomic E-state index is 12.2. The summed E-state index contributed by atoms with van der Waals surface area (Å²) in [5.41, 5.74) is 0. The highest BCUT2D eigenvalue weighted by atomic mass is 16.2. The van der Waals surface area contributed by atoms with Crippen molar-refractivity contribution < 1.29 is 4.79 Å². The second-order valence-corrected chi connectivity index (χ2v) is 5.85. The molecule has 118 valence electrons. The summed E-state index contributed by atoms with van der Waals surface area (Å²) >= 11 is 0. The van der Waals surface area contributed by atoms with E-state index in [9.17, 15) is 4.79 Å². The number of aryl methyl sites for hydroxylation is 1. The van der Waals surface area contributed by atoms with Crippen LogP contribution >= 0.6 is 0 Å². The van der Waals surface area contributed by atoms with E-state index in [1.54, 1.807) is 11.0 Å². The van der Waals surface area contributed by atoms with E-state index < -0.39 is 0 Å². The fraction of sp³-hybridized carbons (Fsp3) is 0.600. The molecule has 1 fully saturated rings. The Bertz CT molecular complexity index is 557. The van der Waals surface area contributed by atoms with Crippen LogP contribution in [0.25, 0.3) is 0 Å². The van der Waals surface area contributed by atoms with Gasteiger partial charge in [-0.2, -0.15) is 5.10 Å². The summed E-state index contributed by atoms with van der Waals surface area (Å²) in [6.45, 7) is 3.51. The van der Waals surface area contributed by atoms with E-state index >= 15 is 0 Å². The average Bonchev–Trinajstić information content (AvgIpc) is 3.21. The largest absolute Gasteiger partial charge is 0.343 e. The second kappa shape index (κ2) is 7.20. The molecule has 1 aliphatic heterocycles. The van der Waals surface area contributed by atoms with Crippen molar-refractivity contribution >= 4 is 5.91 Å². The summed E-state index contributed by atoms with van der Waals surface area (Å²) in [7, 11) is 0. The third kappa shape index (κ3) is 3.93. The number of likely N-dealkylation sites (tertiary alicyclic amines) is 1. The van der Waals surface area contributed by atoms with Crippen LogP contribution in [-0.4, -0.2) is 48.2 Å². The van der Waals surface area contributed by atoms with E-state index in [2.05, 4.69) is 19.6 Å². The fourth-order valence-electron chi connectivity index (χ4n) is 2.96. The molecule has 0 radical (unpaired) electrons. The van der Waals surface area contributed by atoms with E-state index in [0.29, 0.717) is 12.3 Å². The Morgan fingerprint density at radius 3 is 2.73 bits per heavy atom. The van der Waals surface area contributed by atoms with Gasteiger partial charge >= 0.3 is 0 Å². The highest BCUT2D eigenvalue weighted by Crippen LogP contribution is 2.19. The van der Waals surface area contributed by atoms with Gasteiger partial charge in [0.05, 0.1) is 6.33 Å². The molecule has 7 nitrogen and oxygen atoms in total. The number of rotatable bonds is 6. The molecule has 0 spiro atoms. The first-order chi connectivity index (χ1) is 10.8. The van der Waals surface area contributed by atoms with Crippen LogP contribution in [0.1, 0.15) is 25.7 Å². The molecule has 1 amide bonds. The molecule has 0 atom stereocenters. The predicted molar refractivity (Wildman–Crippen MR) is 80.8 cm³/mol. The van der Waals surface area contributed by atoms with Crippen LogP contribution in [0.4, 0.5) is 0 Å². The summed E-state index contributed by atoms with van der Waals surface area (Å²) in [4.78, 5) is 22.2. The summed E-state index contributed by atoms with van der Waals surface area (Å²) in [5.74, 6) is 0.912. The van der Waals surface area contributed by atoms with Crippen LogP contribution in [0, 0.1) is 5.92 Å². The molecule has 1 aliphatic rings. The van der Waals surface area contributed by atoms with Gasteiger partial charge in [-0.05, 0) is 25.2 Å². The van der Waals surface area contributed by atoms with Crippen LogP contribution in [0.2, 0.25) is 0 Å². The maximum atomic E-state index is 12.2. The third-order valence-electron chi connectivity index (χ3n) is 4.24. The van der Waals surface area contributed by atoms with Crippen molar-refractivity contribution in [1.82, 2.24) is 29.2 Å². The molecular formula is C15H22N6O. The van der Waals surface area contributed by atoms with Gasteiger partial charge in [-0.3, -0.25) is 9.48 Å². The van der Waals surface area contributed by atoms with Gasteiger partial charge in [-0.25, -0.2) is 9.97 Å². The summed E-state index contributed by atoms with van der Waals surface area (Å²) in [5, 5.41) is 4.04. The van der Waals surface area contributed by atoms with E-state index in [1.807, 2.05) is 23.6 Å². The molecule has 1 saturated heterocycles. The maximum Gasteiger partial charge on any atom is 0.222 e. The minimum absolute atomic E-state index is 0.265. The van der Waals surface area contributed by atoms with Crippen molar-refractivity contribution in [2.75, 3.05) is 13.1 Å². The van der Waals surface area contributed by atoms with Gasteiger partial charge in [0.1, 0.15) is 12.7 Å². The molecule has 0 aromatic carbocycles. The molecule has 0 saturated carbocycles. The lowest BCUT2D eigenvalue weighted by molar-refractivity contribution is -0.132. The lowest BCUT2D eigenvalue weighted by atomic mass is 9.96. The molecule has 0 unspecified atom stereocenters. The number of carbonyl (C=O) groups is 1. The van der Waals surface area contributed by atoms with Crippen LogP contribution in [0.5, 0.6) is 0 Å². The monoisotopic (exact) mass is 302 g/mol. The zero-order valence-electron chi connectivity index (χ0n) is 12.7. The zero-order chi connectivity index (χ0) is 15.2. The van der Waals surface area contributed by atoms with Crippen molar-refractivity contribution in [3.05, 3.63) is 31.4 Å². The molecule has 22 heavy (non-hydrogen) atoms. The molecule has 0 aliphatic carbocycles. The molecule has 0 bridgehead atoms. The van der Waals surface area contributed by atoms with Gasteiger partial charge in [0.25, 0.3) is 0 Å². The van der Waals surface area contributed by atoms with Crippen LogP contribution in [-0.2, 0) is 17.9 Å². The van der Waals surface area contributed by atoms with Gasteiger partial charge in [-0.1, -0.05) is 0 Å². The Morgan fingerprint density at radius 1 is 1.18 bits per heavy atom. The van der Waals surface area contributed by atoms with Gasteiger partial charge < -0.3 is 9.47 Å². The highest BCUT2D eigenvalue weighted by Gasteiger charge is 2.22. The molecule has 0 N–H and O–H groups in total. The van der Waals surface area contributed by atoms with Crippen LogP contribution < -0.4 is 0 Å². The fourth-order valence-corrected chi connectivity index (χ4v) is 2.96. The molecule has 3 rings (SSSR count). The smallest absolute Gasteiger partial charge is 0.222 e. The predicted octanol–water partition coefficient (Wildman–Crippen LogP) is 1.19. The first-order valence-corrected chi connectivity index (χ1v) is 7.87. The topological polar surface area (TPSA) is 68.8 Å². The Kier molecular flexibility index (Phi) is 4.82. The molecular weight excluding hydrogens is 280 g/mol. The minimum Gasteiger partial charge on any atom is -0.343 e. The van der Waals surface area contributed by atoms with E-state index in [1.165, 1.54) is 6.33 Å². The highest BCUT2D eigenvalue weighted by molar-refractivity contribution is 5.76. The van der Waals surface area contributed by atoms with E-state index in [0.717, 1.165) is 45.4 Å². The van der Waals surface area contributed by atoms with Gasteiger partial charge in [0.2, 0.25) is 5.91 Å². The minimum atomic E-state index is 0.265. The number of imidazole rings is 1. The van der Waals surface area contributed by atoms with Gasteiger partial charge in [0.15, 0.2) is 0 Å². The van der Waals surface area contributed by atoms with E-state index in [4.69, 9.17) is 0 Å². The molecule has 2 aromatic heterocycles. The average molecular weight is 302 g/mol. The third-order valence-corrected chi connectivity index (χ3v) is 4.24. The summed E-state index contributed by atoms with van der Waals surface area (Å²) in [6.07, 6.45) is 12.4. The SMILES string of the molecule is O=C(CCCn1cncn1)N1CCC(Cn2ccnc2)CC1. The van der Waals surface area contributed by atoms with Crippen LogP contribution in [0.15, 0.2) is 31.4 Å². The first kappa shape index (κ1) is 14.7. The standard InChI is InChI=1S/C15H22N6O/c22-15(2-1-6-21-13-17-11-18-21)20-7-3-14(4-8-20)10-19-9-5-16-12-19/h5,9,11-14H,1-4,6-8,10H2. The Hall–Kier alpha value is -2.18. The summed E-state index contributed by atoms with van der Waals surface area (Å²) in [6, 6.07) is 0. The Labute approximate surface area is 130 Å². The molecule has 3 heterocycles. The quantitative estimate of drug-likeness (QED) is 0.804. The summed E-state index contributed by atoms with van der Waals surface area (Å²) < 4.78 is 3.89. The van der Waals surface area contributed by atoms with Crippen molar-refractivity contribution in [2.24, 2.45) is 5.92 Å². The first-order valence-electron chi connectivity index (χ1n) is 7.87. The number of amides is 1.